The van der Waals surface area contributed by atoms with E-state index in [2.05, 4.69) is 5.32 Å². The number of hydrogen-bond acceptors (Lipinski definition) is 2. The van der Waals surface area contributed by atoms with Crippen LogP contribution in [0, 0.1) is 11.3 Å². The van der Waals surface area contributed by atoms with Crippen LogP contribution in [0.1, 0.15) is 19.8 Å². The molecule has 1 aromatic rings. The van der Waals surface area contributed by atoms with Crippen LogP contribution in [0.3, 0.4) is 0 Å². The summed E-state index contributed by atoms with van der Waals surface area (Å²) in [7, 11) is 0. The second-order valence-corrected chi connectivity index (χ2v) is 4.77. The van der Waals surface area contributed by atoms with Crippen LogP contribution < -0.4 is 5.32 Å². The lowest BCUT2D eigenvalue weighted by Crippen LogP contribution is -2.36. The van der Waals surface area contributed by atoms with Gasteiger partial charge in [-0.05, 0) is 24.6 Å². The molecule has 1 rings (SSSR count). The summed E-state index contributed by atoms with van der Waals surface area (Å²) in [4.78, 5) is 13.6. The van der Waals surface area contributed by atoms with Crippen molar-refractivity contribution in [1.29, 1.82) is 5.26 Å². The normalized spacial score (nSPS) is 9.79. The maximum atomic E-state index is 12.0. The number of anilines is 1. The average molecular weight is 300 g/mol. The van der Waals surface area contributed by atoms with Gasteiger partial charge in [-0.25, -0.2) is 4.79 Å². The summed E-state index contributed by atoms with van der Waals surface area (Å²) in [6, 6.07) is 6.69. The van der Waals surface area contributed by atoms with Gasteiger partial charge in [0.15, 0.2) is 0 Å². The van der Waals surface area contributed by atoms with Gasteiger partial charge in [-0.2, -0.15) is 5.26 Å². The molecule has 0 saturated heterocycles. The van der Waals surface area contributed by atoms with Gasteiger partial charge in [0.25, 0.3) is 0 Å². The molecule has 0 aliphatic heterocycles. The highest BCUT2D eigenvalue weighted by atomic mass is 35.5. The van der Waals surface area contributed by atoms with E-state index in [-0.39, 0.29) is 6.03 Å². The summed E-state index contributed by atoms with van der Waals surface area (Å²) >= 11 is 11.7. The molecule has 1 N–H and O–H groups in total. The Kier molecular flexibility index (Phi) is 6.48. The van der Waals surface area contributed by atoms with E-state index in [4.69, 9.17) is 28.5 Å². The number of carbonyl (C=O) groups excluding carboxylic acids is 1. The predicted octanol–water partition coefficient (Wildman–Crippen LogP) is 4.15. The summed E-state index contributed by atoms with van der Waals surface area (Å²) in [5, 5.41) is 12.1. The lowest BCUT2D eigenvalue weighted by atomic mass is 10.3. The van der Waals surface area contributed by atoms with Crippen molar-refractivity contribution in [3.8, 4) is 6.07 Å². The van der Waals surface area contributed by atoms with E-state index in [1.807, 2.05) is 13.0 Å². The molecule has 0 spiro atoms. The topological polar surface area (TPSA) is 56.1 Å². The molecule has 0 aliphatic carbocycles. The molecule has 0 saturated carbocycles. The second-order valence-electron chi connectivity index (χ2n) is 3.95. The molecule has 6 heteroatoms. The minimum absolute atomic E-state index is 0.240. The van der Waals surface area contributed by atoms with Crippen molar-refractivity contribution in [2.45, 2.75) is 19.8 Å². The van der Waals surface area contributed by atoms with Crippen LogP contribution >= 0.6 is 23.2 Å². The van der Waals surface area contributed by atoms with Gasteiger partial charge in [0.05, 0.1) is 22.5 Å². The first kappa shape index (κ1) is 15.6. The standard InChI is InChI=1S/C13H15Cl2N3O/c1-2-7-18(8-3-6-16)13(19)17-10-4-5-11(14)12(15)9-10/h4-5,9H,2-3,7-8H2,1H3,(H,17,19). The first-order valence-electron chi connectivity index (χ1n) is 5.96. The van der Waals surface area contributed by atoms with E-state index >= 15 is 0 Å². The van der Waals surface area contributed by atoms with Crippen LogP contribution in [0.2, 0.25) is 10.0 Å². The molecule has 102 valence electrons. The average Bonchev–Trinajstić information content (AvgIpc) is 2.38. The minimum Gasteiger partial charge on any atom is -0.324 e. The molecule has 0 radical (unpaired) electrons. The quantitative estimate of drug-likeness (QED) is 0.888. The number of nitriles is 1. The number of amides is 2. The molecule has 19 heavy (non-hydrogen) atoms. The van der Waals surface area contributed by atoms with Crippen molar-refractivity contribution in [3.63, 3.8) is 0 Å². The second kappa shape index (κ2) is 7.88. The van der Waals surface area contributed by atoms with Crippen LogP contribution in [0.5, 0.6) is 0 Å². The molecular formula is C13H15Cl2N3O. The molecule has 0 unspecified atom stereocenters. The van der Waals surface area contributed by atoms with E-state index in [1.165, 1.54) is 0 Å². The molecule has 1 aromatic carbocycles. The molecule has 0 bridgehead atoms. The van der Waals surface area contributed by atoms with Crippen LogP contribution in [-0.4, -0.2) is 24.0 Å². The zero-order valence-corrected chi connectivity index (χ0v) is 12.1. The lowest BCUT2D eigenvalue weighted by Gasteiger charge is -2.21. The minimum atomic E-state index is -0.240. The predicted molar refractivity (Wildman–Crippen MR) is 77.6 cm³/mol. The summed E-state index contributed by atoms with van der Waals surface area (Å²) < 4.78 is 0. The van der Waals surface area contributed by atoms with E-state index in [9.17, 15) is 4.79 Å². The number of carbonyl (C=O) groups is 1. The first-order chi connectivity index (χ1) is 9.08. The Morgan fingerprint density at radius 3 is 2.68 bits per heavy atom. The Labute approximate surface area is 122 Å². The highest BCUT2D eigenvalue weighted by Crippen LogP contribution is 2.25. The Bertz CT molecular complexity index is 485. The third kappa shape index (κ3) is 4.98. The third-order valence-corrected chi connectivity index (χ3v) is 3.18. The Morgan fingerprint density at radius 2 is 2.11 bits per heavy atom. The summed E-state index contributed by atoms with van der Waals surface area (Å²) in [6.07, 6.45) is 1.15. The number of nitrogens with one attached hydrogen (secondary N) is 1. The van der Waals surface area contributed by atoms with Crippen molar-refractivity contribution in [3.05, 3.63) is 28.2 Å². The fourth-order valence-electron chi connectivity index (χ4n) is 1.55. The molecular weight excluding hydrogens is 285 g/mol. The molecule has 0 aliphatic rings. The van der Waals surface area contributed by atoms with Gasteiger partial charge in [0.2, 0.25) is 0 Å². The monoisotopic (exact) mass is 299 g/mol. The molecule has 4 nitrogen and oxygen atoms in total. The van der Waals surface area contributed by atoms with E-state index in [1.54, 1.807) is 23.1 Å². The summed E-state index contributed by atoms with van der Waals surface area (Å²) in [5.41, 5.74) is 0.581. The number of benzene rings is 1. The Hall–Kier alpha value is -1.44. The number of nitrogens with zero attached hydrogens (tertiary/aromatic N) is 2. The van der Waals surface area contributed by atoms with Gasteiger partial charge in [-0.1, -0.05) is 30.1 Å². The van der Waals surface area contributed by atoms with Gasteiger partial charge in [0.1, 0.15) is 0 Å². The van der Waals surface area contributed by atoms with Crippen LogP contribution in [0.15, 0.2) is 18.2 Å². The van der Waals surface area contributed by atoms with Crippen molar-refractivity contribution in [2.75, 3.05) is 18.4 Å². The third-order valence-electron chi connectivity index (χ3n) is 2.45. The van der Waals surface area contributed by atoms with Gasteiger partial charge >= 0.3 is 6.03 Å². The van der Waals surface area contributed by atoms with Gasteiger partial charge in [0, 0.05) is 18.8 Å². The fourth-order valence-corrected chi connectivity index (χ4v) is 1.84. The Morgan fingerprint density at radius 1 is 1.37 bits per heavy atom. The van der Waals surface area contributed by atoms with Crippen molar-refractivity contribution < 1.29 is 4.79 Å². The van der Waals surface area contributed by atoms with Gasteiger partial charge in [-0.3, -0.25) is 0 Å². The van der Waals surface area contributed by atoms with Crippen molar-refractivity contribution in [1.82, 2.24) is 4.90 Å². The fraction of sp³-hybridized carbons (Fsp3) is 0.385. The Balaban J connectivity index is 2.69. The number of urea groups is 1. The molecule has 0 fully saturated rings. The number of hydrogen-bond donors (Lipinski definition) is 1. The highest BCUT2D eigenvalue weighted by molar-refractivity contribution is 6.42. The van der Waals surface area contributed by atoms with Crippen molar-refractivity contribution >= 4 is 34.9 Å². The zero-order chi connectivity index (χ0) is 14.3. The maximum Gasteiger partial charge on any atom is 0.321 e. The molecule has 0 heterocycles. The van der Waals surface area contributed by atoms with Crippen molar-refractivity contribution in [2.24, 2.45) is 0 Å². The largest absolute Gasteiger partial charge is 0.324 e. The maximum absolute atomic E-state index is 12.0. The smallest absolute Gasteiger partial charge is 0.321 e. The van der Waals surface area contributed by atoms with Gasteiger partial charge < -0.3 is 10.2 Å². The zero-order valence-electron chi connectivity index (χ0n) is 10.6. The van der Waals surface area contributed by atoms with Gasteiger partial charge in [-0.15, -0.1) is 0 Å². The first-order valence-corrected chi connectivity index (χ1v) is 6.72. The summed E-state index contributed by atoms with van der Waals surface area (Å²) in [5.74, 6) is 0. The van der Waals surface area contributed by atoms with E-state index < -0.39 is 0 Å². The van der Waals surface area contributed by atoms with Crippen LogP contribution in [0.25, 0.3) is 0 Å². The summed E-state index contributed by atoms with van der Waals surface area (Å²) in [6.45, 7) is 3.00. The number of rotatable bonds is 5. The molecule has 2 amide bonds. The van der Waals surface area contributed by atoms with Crippen LogP contribution in [0.4, 0.5) is 10.5 Å². The van der Waals surface area contributed by atoms with Crippen LogP contribution in [-0.2, 0) is 0 Å². The SMILES string of the molecule is CCCN(CCC#N)C(=O)Nc1ccc(Cl)c(Cl)c1. The number of halogens is 2. The molecule has 0 aromatic heterocycles. The molecule has 0 atom stereocenters. The van der Waals surface area contributed by atoms with E-state index in [0.717, 1.165) is 6.42 Å². The lowest BCUT2D eigenvalue weighted by molar-refractivity contribution is 0.213. The van der Waals surface area contributed by atoms with E-state index in [0.29, 0.717) is 35.2 Å². The highest BCUT2D eigenvalue weighted by Gasteiger charge is 2.12.